The average molecular weight is 398 g/mol. The summed E-state index contributed by atoms with van der Waals surface area (Å²) in [7, 11) is 0. The monoisotopic (exact) mass is 398 g/mol. The predicted octanol–water partition coefficient (Wildman–Crippen LogP) is 2.76. The second-order valence-corrected chi connectivity index (χ2v) is 7.08. The van der Waals surface area contributed by atoms with Gasteiger partial charge in [-0.15, -0.1) is 0 Å². The molecule has 2 unspecified atom stereocenters. The minimum Gasteiger partial charge on any atom is -0.434 e. The number of alkyl halides is 2. The van der Waals surface area contributed by atoms with E-state index in [9.17, 15) is 8.78 Å². The van der Waals surface area contributed by atoms with Gasteiger partial charge in [0.15, 0.2) is 5.96 Å². The lowest BCUT2D eigenvalue weighted by Gasteiger charge is -2.38. The van der Waals surface area contributed by atoms with E-state index in [0.717, 1.165) is 31.9 Å². The number of benzene rings is 1. The minimum absolute atomic E-state index is 0.163. The standard InChI is InChI=1S/C20H32F2N4O2/c1-5-23-20(24-11-15(3)26-8-9-27-13-16(26)4)25-12-17-10-14(2)6-7-18(17)28-19(21)22/h6-7,10,15-16,19H,5,8-9,11-13H2,1-4H3,(H2,23,24,25). The summed E-state index contributed by atoms with van der Waals surface area (Å²) in [6, 6.07) is 5.84. The fraction of sp³-hybridized carbons (Fsp3) is 0.650. The van der Waals surface area contributed by atoms with Crippen molar-refractivity contribution in [2.75, 3.05) is 32.8 Å². The van der Waals surface area contributed by atoms with Gasteiger partial charge in [-0.2, -0.15) is 8.78 Å². The lowest BCUT2D eigenvalue weighted by molar-refractivity contribution is -0.0504. The van der Waals surface area contributed by atoms with Crippen LogP contribution in [-0.4, -0.2) is 62.4 Å². The van der Waals surface area contributed by atoms with Gasteiger partial charge in [-0.25, -0.2) is 4.99 Å². The second-order valence-electron chi connectivity index (χ2n) is 7.08. The van der Waals surface area contributed by atoms with Gasteiger partial charge in [0.05, 0.1) is 19.8 Å². The lowest BCUT2D eigenvalue weighted by atomic mass is 10.1. The van der Waals surface area contributed by atoms with Gasteiger partial charge in [0.25, 0.3) is 0 Å². The zero-order valence-electron chi connectivity index (χ0n) is 17.2. The third-order valence-corrected chi connectivity index (χ3v) is 4.73. The number of morpholine rings is 1. The molecule has 8 heteroatoms. The molecule has 1 fully saturated rings. The van der Waals surface area contributed by atoms with Crippen molar-refractivity contribution in [3.8, 4) is 5.75 Å². The van der Waals surface area contributed by atoms with Crippen molar-refractivity contribution in [1.82, 2.24) is 15.5 Å². The highest BCUT2D eigenvalue weighted by molar-refractivity contribution is 5.79. The fourth-order valence-electron chi connectivity index (χ4n) is 3.31. The molecule has 1 aromatic rings. The summed E-state index contributed by atoms with van der Waals surface area (Å²) in [5.74, 6) is 0.815. The Balaban J connectivity index is 2.01. The van der Waals surface area contributed by atoms with Crippen LogP contribution in [0, 0.1) is 6.92 Å². The molecule has 0 aliphatic carbocycles. The van der Waals surface area contributed by atoms with E-state index in [4.69, 9.17) is 4.74 Å². The van der Waals surface area contributed by atoms with E-state index in [2.05, 4.69) is 39.1 Å². The molecule has 6 nitrogen and oxygen atoms in total. The number of nitrogens with one attached hydrogen (secondary N) is 2. The van der Waals surface area contributed by atoms with Gasteiger partial charge < -0.3 is 20.1 Å². The first-order valence-corrected chi connectivity index (χ1v) is 9.80. The smallest absolute Gasteiger partial charge is 0.387 e. The predicted molar refractivity (Wildman–Crippen MR) is 107 cm³/mol. The molecule has 0 amide bonds. The topological polar surface area (TPSA) is 58.1 Å². The molecule has 0 saturated carbocycles. The number of ether oxygens (including phenoxy) is 2. The van der Waals surface area contributed by atoms with Crippen LogP contribution < -0.4 is 15.4 Å². The molecule has 1 aliphatic rings. The largest absolute Gasteiger partial charge is 0.434 e. The Labute approximate surface area is 166 Å². The van der Waals surface area contributed by atoms with Crippen LogP contribution in [0.2, 0.25) is 0 Å². The highest BCUT2D eigenvalue weighted by Crippen LogP contribution is 2.23. The number of aliphatic imine (C=N–C) groups is 1. The summed E-state index contributed by atoms with van der Waals surface area (Å²) in [4.78, 5) is 6.97. The number of halogens is 2. The Kier molecular flexibility index (Phi) is 8.92. The van der Waals surface area contributed by atoms with Gasteiger partial charge in [-0.1, -0.05) is 17.7 Å². The molecule has 2 N–H and O–H groups in total. The number of hydrogen-bond donors (Lipinski definition) is 2. The number of guanidine groups is 1. The Bertz CT molecular complexity index is 643. The maximum atomic E-state index is 12.6. The molecule has 158 valence electrons. The number of rotatable bonds is 8. The van der Waals surface area contributed by atoms with Crippen LogP contribution >= 0.6 is 0 Å². The van der Waals surface area contributed by atoms with Crippen LogP contribution in [0.1, 0.15) is 31.9 Å². The first-order chi connectivity index (χ1) is 13.4. The first kappa shape index (κ1) is 22.4. The average Bonchev–Trinajstić information content (AvgIpc) is 2.65. The zero-order valence-corrected chi connectivity index (χ0v) is 17.2. The third kappa shape index (κ3) is 6.91. The minimum atomic E-state index is -2.85. The molecule has 28 heavy (non-hydrogen) atoms. The highest BCUT2D eigenvalue weighted by atomic mass is 19.3. The van der Waals surface area contributed by atoms with E-state index < -0.39 is 6.61 Å². The third-order valence-electron chi connectivity index (χ3n) is 4.73. The van der Waals surface area contributed by atoms with Crippen molar-refractivity contribution >= 4 is 5.96 Å². The lowest BCUT2D eigenvalue weighted by Crippen LogP contribution is -2.53. The first-order valence-electron chi connectivity index (χ1n) is 9.80. The van der Waals surface area contributed by atoms with Gasteiger partial charge in [-0.05, 0) is 33.8 Å². The summed E-state index contributed by atoms with van der Waals surface area (Å²) < 4.78 is 35.4. The highest BCUT2D eigenvalue weighted by Gasteiger charge is 2.23. The van der Waals surface area contributed by atoms with Gasteiger partial charge in [0.2, 0.25) is 0 Å². The summed E-state index contributed by atoms with van der Waals surface area (Å²) >= 11 is 0. The molecule has 0 aromatic heterocycles. The van der Waals surface area contributed by atoms with Gasteiger partial charge in [0.1, 0.15) is 5.75 Å². The van der Waals surface area contributed by atoms with Crippen molar-refractivity contribution in [3.05, 3.63) is 29.3 Å². The number of aryl methyl sites for hydroxylation is 1. The molecule has 2 atom stereocenters. The SMILES string of the molecule is CCNC(=NCc1cc(C)ccc1OC(F)F)NCC(C)N1CCOCC1C. The maximum Gasteiger partial charge on any atom is 0.387 e. The molecular formula is C20H32F2N4O2. The maximum absolute atomic E-state index is 12.6. The molecular weight excluding hydrogens is 366 g/mol. The normalized spacial score (nSPS) is 19.5. The van der Waals surface area contributed by atoms with Crippen molar-refractivity contribution < 1.29 is 18.3 Å². The summed E-state index contributed by atoms with van der Waals surface area (Å²) in [5.41, 5.74) is 1.60. The molecule has 0 bridgehead atoms. The van der Waals surface area contributed by atoms with Gasteiger partial charge in [0, 0.05) is 37.3 Å². The Morgan fingerprint density at radius 3 is 2.86 bits per heavy atom. The summed E-state index contributed by atoms with van der Waals surface area (Å²) in [6.45, 7) is 9.49. The van der Waals surface area contributed by atoms with Crippen LogP contribution in [-0.2, 0) is 11.3 Å². The summed E-state index contributed by atoms with van der Waals surface area (Å²) in [6.07, 6.45) is 0. The Morgan fingerprint density at radius 2 is 2.18 bits per heavy atom. The molecule has 2 rings (SSSR count). The van der Waals surface area contributed by atoms with Gasteiger partial charge >= 0.3 is 6.61 Å². The van der Waals surface area contributed by atoms with Crippen LogP contribution in [0.4, 0.5) is 8.78 Å². The molecule has 1 saturated heterocycles. The molecule has 1 aliphatic heterocycles. The molecule has 0 radical (unpaired) electrons. The van der Waals surface area contributed by atoms with Crippen LogP contribution in [0.5, 0.6) is 5.75 Å². The molecule has 1 aromatic carbocycles. The quantitative estimate of drug-likeness (QED) is 0.521. The van der Waals surface area contributed by atoms with Gasteiger partial charge in [-0.3, -0.25) is 4.90 Å². The van der Waals surface area contributed by atoms with Crippen molar-refractivity contribution in [2.24, 2.45) is 4.99 Å². The van der Waals surface area contributed by atoms with Crippen LogP contribution in [0.3, 0.4) is 0 Å². The van der Waals surface area contributed by atoms with E-state index in [1.165, 1.54) is 0 Å². The van der Waals surface area contributed by atoms with E-state index in [0.29, 0.717) is 30.2 Å². The van der Waals surface area contributed by atoms with E-state index >= 15 is 0 Å². The Morgan fingerprint density at radius 1 is 1.39 bits per heavy atom. The Hall–Kier alpha value is -1.93. The number of nitrogens with zero attached hydrogens (tertiary/aromatic N) is 2. The molecule has 1 heterocycles. The van der Waals surface area contributed by atoms with E-state index in [-0.39, 0.29) is 12.3 Å². The van der Waals surface area contributed by atoms with E-state index in [1.807, 2.05) is 19.9 Å². The number of hydrogen-bond acceptors (Lipinski definition) is 4. The van der Waals surface area contributed by atoms with Crippen LogP contribution in [0.25, 0.3) is 0 Å². The van der Waals surface area contributed by atoms with Crippen molar-refractivity contribution in [1.29, 1.82) is 0 Å². The van der Waals surface area contributed by atoms with Crippen molar-refractivity contribution in [3.63, 3.8) is 0 Å². The van der Waals surface area contributed by atoms with Crippen molar-refractivity contribution in [2.45, 2.75) is 52.9 Å². The van der Waals surface area contributed by atoms with E-state index in [1.54, 1.807) is 12.1 Å². The molecule has 0 spiro atoms. The summed E-state index contributed by atoms with van der Waals surface area (Å²) in [5, 5.41) is 6.55. The second kappa shape index (κ2) is 11.2. The fourth-order valence-corrected chi connectivity index (χ4v) is 3.31. The zero-order chi connectivity index (χ0) is 20.5. The van der Waals surface area contributed by atoms with Crippen LogP contribution in [0.15, 0.2) is 23.2 Å².